The van der Waals surface area contributed by atoms with Crippen molar-refractivity contribution >= 4 is 5.91 Å². The van der Waals surface area contributed by atoms with Gasteiger partial charge in [-0.1, -0.05) is 30.3 Å². The number of rotatable bonds is 6. The summed E-state index contributed by atoms with van der Waals surface area (Å²) in [4.78, 5) is 21.3. The van der Waals surface area contributed by atoms with Crippen molar-refractivity contribution in [2.75, 3.05) is 6.54 Å². The maximum absolute atomic E-state index is 12.5. The van der Waals surface area contributed by atoms with Gasteiger partial charge in [0.15, 0.2) is 5.76 Å². The molecule has 0 unspecified atom stereocenters. The van der Waals surface area contributed by atoms with E-state index in [2.05, 4.69) is 20.4 Å². The van der Waals surface area contributed by atoms with E-state index >= 15 is 0 Å². The van der Waals surface area contributed by atoms with Crippen LogP contribution in [0.25, 0.3) is 17.4 Å². The average molecular weight is 373 g/mol. The van der Waals surface area contributed by atoms with Crippen LogP contribution in [0.15, 0.2) is 71.6 Å². The lowest BCUT2D eigenvalue weighted by Crippen LogP contribution is -2.26. The number of aromatic nitrogens is 4. The highest BCUT2D eigenvalue weighted by Crippen LogP contribution is 2.18. The molecule has 7 nitrogen and oxygen atoms in total. The van der Waals surface area contributed by atoms with Gasteiger partial charge in [0.1, 0.15) is 5.69 Å². The van der Waals surface area contributed by atoms with Gasteiger partial charge in [0.05, 0.1) is 23.7 Å². The molecule has 4 aromatic rings. The van der Waals surface area contributed by atoms with Crippen LogP contribution in [-0.4, -0.2) is 32.2 Å². The second-order valence-electron chi connectivity index (χ2n) is 6.27. The van der Waals surface area contributed by atoms with Gasteiger partial charge in [-0.15, -0.1) is 0 Å². The molecule has 0 aliphatic heterocycles. The average Bonchev–Trinajstić information content (AvgIpc) is 3.39. The summed E-state index contributed by atoms with van der Waals surface area (Å²) in [6.07, 6.45) is 5.54. The molecule has 0 atom stereocenters. The van der Waals surface area contributed by atoms with Crippen molar-refractivity contribution in [1.29, 1.82) is 0 Å². The normalized spacial score (nSPS) is 10.8. The van der Waals surface area contributed by atoms with Gasteiger partial charge >= 0.3 is 0 Å². The molecule has 0 fully saturated rings. The lowest BCUT2D eigenvalue weighted by Gasteiger charge is -2.06. The van der Waals surface area contributed by atoms with Gasteiger partial charge in [-0.3, -0.25) is 4.79 Å². The van der Waals surface area contributed by atoms with Gasteiger partial charge < -0.3 is 9.73 Å². The summed E-state index contributed by atoms with van der Waals surface area (Å²) < 4.78 is 6.93. The Morgan fingerprint density at radius 1 is 1.14 bits per heavy atom. The highest BCUT2D eigenvalue weighted by molar-refractivity contribution is 5.95. The predicted octanol–water partition coefficient (Wildman–Crippen LogP) is 3.20. The van der Waals surface area contributed by atoms with Crippen LogP contribution in [0.1, 0.15) is 21.6 Å². The quantitative estimate of drug-likeness (QED) is 0.561. The zero-order valence-electron chi connectivity index (χ0n) is 15.4. The molecule has 0 saturated carbocycles. The standard InChI is InChI=1S/C21H19N5O2/c1-15-17(20(27)22-11-9-16-6-3-2-4-7-16)14-24-26(15)21-23-12-10-18(25-21)19-8-5-13-28-19/h2-8,10,12-14H,9,11H2,1H3,(H,22,27). The van der Waals surface area contributed by atoms with Crippen molar-refractivity contribution in [3.8, 4) is 17.4 Å². The van der Waals surface area contributed by atoms with E-state index < -0.39 is 0 Å². The van der Waals surface area contributed by atoms with E-state index in [1.54, 1.807) is 29.3 Å². The minimum atomic E-state index is -0.165. The molecule has 140 valence electrons. The Balaban J connectivity index is 1.48. The summed E-state index contributed by atoms with van der Waals surface area (Å²) >= 11 is 0. The number of amides is 1. The number of furan rings is 1. The van der Waals surface area contributed by atoms with Crippen LogP contribution in [0.2, 0.25) is 0 Å². The second-order valence-corrected chi connectivity index (χ2v) is 6.27. The second kappa shape index (κ2) is 7.87. The molecule has 1 amide bonds. The van der Waals surface area contributed by atoms with Crippen molar-refractivity contribution in [3.05, 3.63) is 84.0 Å². The molecule has 3 aromatic heterocycles. The zero-order chi connectivity index (χ0) is 19.3. The van der Waals surface area contributed by atoms with E-state index in [0.29, 0.717) is 35.2 Å². The Bertz CT molecular complexity index is 1070. The Hall–Kier alpha value is -3.74. The molecule has 0 saturated heterocycles. The summed E-state index contributed by atoms with van der Waals surface area (Å²) in [6, 6.07) is 15.4. The minimum absolute atomic E-state index is 0.165. The maximum Gasteiger partial charge on any atom is 0.254 e. The Morgan fingerprint density at radius 3 is 2.79 bits per heavy atom. The summed E-state index contributed by atoms with van der Waals surface area (Å²) in [5.74, 6) is 0.865. The van der Waals surface area contributed by atoms with E-state index in [1.807, 2.05) is 43.3 Å². The van der Waals surface area contributed by atoms with Crippen molar-refractivity contribution < 1.29 is 9.21 Å². The summed E-state index contributed by atoms with van der Waals surface area (Å²) in [6.45, 7) is 2.37. The van der Waals surface area contributed by atoms with Gasteiger partial charge in [-0.05, 0) is 37.1 Å². The highest BCUT2D eigenvalue weighted by Gasteiger charge is 2.17. The Morgan fingerprint density at radius 2 is 2.00 bits per heavy atom. The fourth-order valence-corrected chi connectivity index (χ4v) is 2.91. The third-order valence-electron chi connectivity index (χ3n) is 4.40. The van der Waals surface area contributed by atoms with Gasteiger partial charge in [-0.25, -0.2) is 14.6 Å². The molecule has 1 N–H and O–H groups in total. The zero-order valence-corrected chi connectivity index (χ0v) is 15.4. The monoisotopic (exact) mass is 373 g/mol. The number of hydrogen-bond acceptors (Lipinski definition) is 5. The molecule has 7 heteroatoms. The number of hydrogen-bond donors (Lipinski definition) is 1. The SMILES string of the molecule is Cc1c(C(=O)NCCc2ccccc2)cnn1-c1nccc(-c2ccco2)n1. The maximum atomic E-state index is 12.5. The van der Waals surface area contributed by atoms with Gasteiger partial charge in [0.2, 0.25) is 0 Å². The number of carbonyl (C=O) groups is 1. The number of carbonyl (C=O) groups excluding carboxylic acids is 1. The molecular weight excluding hydrogens is 354 g/mol. The lowest BCUT2D eigenvalue weighted by atomic mass is 10.1. The fourth-order valence-electron chi connectivity index (χ4n) is 2.91. The highest BCUT2D eigenvalue weighted by atomic mass is 16.3. The predicted molar refractivity (Wildman–Crippen MR) is 104 cm³/mol. The van der Waals surface area contributed by atoms with Crippen LogP contribution < -0.4 is 5.32 Å². The molecule has 0 aliphatic rings. The molecule has 0 aliphatic carbocycles. The molecular formula is C21H19N5O2. The van der Waals surface area contributed by atoms with Crippen LogP contribution >= 0.6 is 0 Å². The van der Waals surface area contributed by atoms with E-state index in [9.17, 15) is 4.79 Å². The van der Waals surface area contributed by atoms with Crippen molar-refractivity contribution in [2.45, 2.75) is 13.3 Å². The molecule has 0 bridgehead atoms. The molecule has 3 heterocycles. The first-order valence-corrected chi connectivity index (χ1v) is 8.96. The van der Waals surface area contributed by atoms with Crippen molar-refractivity contribution in [1.82, 2.24) is 25.1 Å². The summed E-state index contributed by atoms with van der Waals surface area (Å²) in [5.41, 5.74) is 3.01. The van der Waals surface area contributed by atoms with E-state index in [1.165, 1.54) is 11.8 Å². The van der Waals surface area contributed by atoms with Gasteiger partial charge in [-0.2, -0.15) is 5.10 Å². The molecule has 0 radical (unpaired) electrons. The first kappa shape index (κ1) is 17.7. The largest absolute Gasteiger partial charge is 0.463 e. The van der Waals surface area contributed by atoms with Gasteiger partial charge in [0, 0.05) is 12.7 Å². The van der Waals surface area contributed by atoms with Crippen LogP contribution in [0, 0.1) is 6.92 Å². The van der Waals surface area contributed by atoms with E-state index in [4.69, 9.17) is 4.42 Å². The molecule has 0 spiro atoms. The van der Waals surface area contributed by atoms with Crippen LogP contribution in [-0.2, 0) is 6.42 Å². The molecule has 4 rings (SSSR count). The molecule has 28 heavy (non-hydrogen) atoms. The van der Waals surface area contributed by atoms with Crippen LogP contribution in [0.4, 0.5) is 0 Å². The third kappa shape index (κ3) is 3.68. The number of nitrogens with zero attached hydrogens (tertiary/aromatic N) is 4. The fraction of sp³-hybridized carbons (Fsp3) is 0.143. The van der Waals surface area contributed by atoms with E-state index in [-0.39, 0.29) is 5.91 Å². The Labute approximate surface area is 162 Å². The number of benzene rings is 1. The smallest absolute Gasteiger partial charge is 0.254 e. The van der Waals surface area contributed by atoms with Crippen LogP contribution in [0.5, 0.6) is 0 Å². The third-order valence-corrected chi connectivity index (χ3v) is 4.40. The Kier molecular flexibility index (Phi) is 4.97. The van der Waals surface area contributed by atoms with Crippen molar-refractivity contribution in [2.24, 2.45) is 0 Å². The first-order chi connectivity index (χ1) is 13.7. The van der Waals surface area contributed by atoms with Crippen molar-refractivity contribution in [3.63, 3.8) is 0 Å². The topological polar surface area (TPSA) is 85.8 Å². The summed E-state index contributed by atoms with van der Waals surface area (Å²) in [5, 5.41) is 7.23. The first-order valence-electron chi connectivity index (χ1n) is 8.96. The van der Waals surface area contributed by atoms with Crippen LogP contribution in [0.3, 0.4) is 0 Å². The van der Waals surface area contributed by atoms with Gasteiger partial charge in [0.25, 0.3) is 11.9 Å². The summed E-state index contributed by atoms with van der Waals surface area (Å²) in [7, 11) is 0. The number of nitrogens with one attached hydrogen (secondary N) is 1. The molecule has 1 aromatic carbocycles. The minimum Gasteiger partial charge on any atom is -0.463 e. The van der Waals surface area contributed by atoms with E-state index in [0.717, 1.165) is 6.42 Å². The lowest BCUT2D eigenvalue weighted by molar-refractivity contribution is 0.0953.